The number of hydrogen-bond donors (Lipinski definition) is 1. The van der Waals surface area contributed by atoms with Gasteiger partial charge in [0, 0.05) is 31.2 Å². The fourth-order valence-electron chi connectivity index (χ4n) is 5.61. The summed E-state index contributed by atoms with van der Waals surface area (Å²) in [5.41, 5.74) is 4.63. The van der Waals surface area contributed by atoms with Crippen LogP contribution in [-0.2, 0) is 4.74 Å². The Morgan fingerprint density at radius 2 is 1.37 bits per heavy atom. The van der Waals surface area contributed by atoms with Crippen molar-refractivity contribution >= 4 is 5.69 Å². The monoisotopic (exact) mass is 474 g/mol. The highest BCUT2D eigenvalue weighted by molar-refractivity contribution is 5.48. The van der Waals surface area contributed by atoms with Crippen molar-refractivity contribution in [1.29, 1.82) is 0 Å². The number of morpholine rings is 1. The van der Waals surface area contributed by atoms with Crippen LogP contribution in [0.25, 0.3) is 0 Å². The van der Waals surface area contributed by atoms with Gasteiger partial charge in [-0.05, 0) is 72.8 Å². The van der Waals surface area contributed by atoms with Gasteiger partial charge in [-0.25, -0.2) is 4.39 Å². The van der Waals surface area contributed by atoms with Gasteiger partial charge in [0.25, 0.3) is 0 Å². The van der Waals surface area contributed by atoms with Crippen molar-refractivity contribution in [3.8, 4) is 0 Å². The van der Waals surface area contributed by atoms with Crippen LogP contribution in [0.3, 0.4) is 0 Å². The largest absolute Gasteiger partial charge is 0.387 e. The van der Waals surface area contributed by atoms with Crippen LogP contribution < -0.4 is 4.90 Å². The van der Waals surface area contributed by atoms with Crippen LogP contribution in [0.5, 0.6) is 0 Å². The molecule has 4 nitrogen and oxygen atoms in total. The van der Waals surface area contributed by atoms with E-state index in [1.807, 2.05) is 18.2 Å². The minimum Gasteiger partial charge on any atom is -0.387 e. The number of likely N-dealkylation sites (tertiary alicyclic amines) is 1. The predicted octanol–water partition coefficient (Wildman–Crippen LogP) is 5.24. The van der Waals surface area contributed by atoms with E-state index in [1.54, 1.807) is 12.1 Å². The number of aliphatic hydroxyl groups is 1. The zero-order valence-corrected chi connectivity index (χ0v) is 20.2. The number of hydrogen-bond acceptors (Lipinski definition) is 4. The molecule has 0 saturated carbocycles. The lowest BCUT2D eigenvalue weighted by molar-refractivity contribution is 0.0868. The lowest BCUT2D eigenvalue weighted by Gasteiger charge is -2.37. The number of nitrogens with zero attached hydrogens (tertiary/aromatic N) is 2. The SMILES string of the molecule is OC(CN1CCC(C(c2ccccc2)c2ccc(F)cc2)CC1)c1ccc(N2CCOCC2)cc1. The highest BCUT2D eigenvalue weighted by Gasteiger charge is 2.29. The maximum Gasteiger partial charge on any atom is 0.123 e. The molecule has 2 unspecified atom stereocenters. The summed E-state index contributed by atoms with van der Waals surface area (Å²) in [6.45, 7) is 5.93. The van der Waals surface area contributed by atoms with E-state index < -0.39 is 6.10 Å². The Morgan fingerprint density at radius 3 is 2.03 bits per heavy atom. The number of rotatable bonds is 7. The molecule has 0 bridgehead atoms. The van der Waals surface area contributed by atoms with Crippen LogP contribution in [0, 0.1) is 11.7 Å². The Labute approximate surface area is 208 Å². The molecule has 5 rings (SSSR count). The van der Waals surface area contributed by atoms with E-state index >= 15 is 0 Å². The first kappa shape index (κ1) is 24.0. The van der Waals surface area contributed by atoms with Crippen molar-refractivity contribution in [2.45, 2.75) is 24.9 Å². The van der Waals surface area contributed by atoms with E-state index in [4.69, 9.17) is 4.74 Å². The number of piperidine rings is 1. The quantitative estimate of drug-likeness (QED) is 0.508. The van der Waals surface area contributed by atoms with Crippen LogP contribution in [-0.4, -0.2) is 55.9 Å². The van der Waals surface area contributed by atoms with Crippen molar-refractivity contribution in [2.75, 3.05) is 50.8 Å². The summed E-state index contributed by atoms with van der Waals surface area (Å²) in [6.07, 6.45) is 1.62. The zero-order valence-electron chi connectivity index (χ0n) is 20.2. The summed E-state index contributed by atoms with van der Waals surface area (Å²) in [6, 6.07) is 25.9. The molecular weight excluding hydrogens is 439 g/mol. The second kappa shape index (κ2) is 11.3. The summed E-state index contributed by atoms with van der Waals surface area (Å²) >= 11 is 0. The highest BCUT2D eigenvalue weighted by Crippen LogP contribution is 2.38. The first-order valence-corrected chi connectivity index (χ1v) is 12.8. The molecule has 0 spiro atoms. The molecular formula is C30H35FN2O2. The molecule has 2 aliphatic heterocycles. The summed E-state index contributed by atoms with van der Waals surface area (Å²) in [5, 5.41) is 10.9. The highest BCUT2D eigenvalue weighted by atomic mass is 19.1. The van der Waals surface area contributed by atoms with Crippen LogP contribution in [0.4, 0.5) is 10.1 Å². The van der Waals surface area contributed by atoms with Crippen LogP contribution in [0.15, 0.2) is 78.9 Å². The number of halogens is 1. The minimum atomic E-state index is -0.493. The Balaban J connectivity index is 1.20. The van der Waals surface area contributed by atoms with E-state index in [-0.39, 0.29) is 11.7 Å². The topological polar surface area (TPSA) is 35.9 Å². The normalized spacial score (nSPS) is 19.4. The Hall–Kier alpha value is -2.73. The van der Waals surface area contributed by atoms with Crippen molar-refractivity contribution in [3.63, 3.8) is 0 Å². The van der Waals surface area contributed by atoms with Crippen LogP contribution >= 0.6 is 0 Å². The van der Waals surface area contributed by atoms with Gasteiger partial charge in [-0.1, -0.05) is 54.6 Å². The van der Waals surface area contributed by atoms with Crippen molar-refractivity contribution < 1.29 is 14.2 Å². The van der Waals surface area contributed by atoms with Gasteiger partial charge in [-0.2, -0.15) is 0 Å². The average molecular weight is 475 g/mol. The second-order valence-corrected chi connectivity index (χ2v) is 9.78. The summed E-state index contributed by atoms with van der Waals surface area (Å²) in [4.78, 5) is 4.71. The molecule has 3 aromatic carbocycles. The van der Waals surface area contributed by atoms with Gasteiger partial charge in [0.05, 0.1) is 19.3 Å². The molecule has 0 amide bonds. The van der Waals surface area contributed by atoms with E-state index in [0.717, 1.165) is 57.8 Å². The second-order valence-electron chi connectivity index (χ2n) is 9.78. The van der Waals surface area contributed by atoms with Crippen LogP contribution in [0.2, 0.25) is 0 Å². The van der Waals surface area contributed by atoms with Gasteiger partial charge >= 0.3 is 0 Å². The fourth-order valence-corrected chi connectivity index (χ4v) is 5.61. The van der Waals surface area contributed by atoms with Gasteiger partial charge < -0.3 is 19.6 Å². The lowest BCUT2D eigenvalue weighted by atomic mass is 9.76. The number of β-amino-alcohol motifs (C(OH)–C–C–N with tert-alkyl or cyclic N) is 1. The molecule has 0 aliphatic carbocycles. The van der Waals surface area contributed by atoms with E-state index in [0.29, 0.717) is 12.5 Å². The van der Waals surface area contributed by atoms with Gasteiger partial charge in [-0.3, -0.25) is 0 Å². The number of aliphatic hydroxyl groups excluding tert-OH is 1. The first-order valence-electron chi connectivity index (χ1n) is 12.8. The molecule has 0 aromatic heterocycles. The molecule has 2 fully saturated rings. The van der Waals surface area contributed by atoms with E-state index in [9.17, 15) is 9.50 Å². The standard InChI is InChI=1S/C30H35FN2O2/c31-27-10-6-25(7-11-27)30(24-4-2-1-3-5-24)26-14-16-32(17-15-26)22-29(34)23-8-12-28(13-9-23)33-18-20-35-21-19-33/h1-13,26,29-30,34H,14-22H2. The zero-order chi connectivity index (χ0) is 24.0. The average Bonchev–Trinajstić information content (AvgIpc) is 2.92. The Morgan fingerprint density at radius 1 is 0.771 bits per heavy atom. The Kier molecular flexibility index (Phi) is 7.77. The number of benzene rings is 3. The van der Waals surface area contributed by atoms with Gasteiger partial charge in [0.15, 0.2) is 0 Å². The molecule has 2 atom stereocenters. The molecule has 184 valence electrons. The van der Waals surface area contributed by atoms with Crippen molar-refractivity contribution in [3.05, 3.63) is 101 Å². The van der Waals surface area contributed by atoms with Gasteiger partial charge in [0.2, 0.25) is 0 Å². The van der Waals surface area contributed by atoms with Crippen molar-refractivity contribution in [1.82, 2.24) is 4.90 Å². The third-order valence-electron chi connectivity index (χ3n) is 7.58. The van der Waals surface area contributed by atoms with Crippen molar-refractivity contribution in [2.24, 2.45) is 5.92 Å². The number of anilines is 1. The summed E-state index contributed by atoms with van der Waals surface area (Å²) in [5.74, 6) is 0.558. The lowest BCUT2D eigenvalue weighted by Crippen LogP contribution is -2.38. The maximum absolute atomic E-state index is 13.6. The summed E-state index contributed by atoms with van der Waals surface area (Å²) in [7, 11) is 0. The molecule has 2 heterocycles. The van der Waals surface area contributed by atoms with Gasteiger partial charge in [0.1, 0.15) is 5.82 Å². The maximum atomic E-state index is 13.6. The number of ether oxygens (including phenoxy) is 1. The smallest absolute Gasteiger partial charge is 0.123 e. The molecule has 35 heavy (non-hydrogen) atoms. The molecule has 3 aromatic rings. The van der Waals surface area contributed by atoms with Gasteiger partial charge in [-0.15, -0.1) is 0 Å². The minimum absolute atomic E-state index is 0.192. The molecule has 1 N–H and O–H groups in total. The molecule has 0 radical (unpaired) electrons. The summed E-state index contributed by atoms with van der Waals surface area (Å²) < 4.78 is 19.0. The van der Waals surface area contributed by atoms with E-state index in [2.05, 4.69) is 58.3 Å². The molecule has 2 aliphatic rings. The Bertz CT molecular complexity index is 1040. The predicted molar refractivity (Wildman–Crippen MR) is 138 cm³/mol. The molecule has 5 heteroatoms. The molecule has 2 saturated heterocycles. The first-order chi connectivity index (χ1) is 17.2. The third-order valence-corrected chi connectivity index (χ3v) is 7.58. The fraction of sp³-hybridized carbons (Fsp3) is 0.400. The van der Waals surface area contributed by atoms with E-state index in [1.165, 1.54) is 16.8 Å². The third kappa shape index (κ3) is 5.92. The van der Waals surface area contributed by atoms with Crippen LogP contribution in [0.1, 0.15) is 41.6 Å².